The van der Waals surface area contributed by atoms with Crippen LogP contribution < -0.4 is 4.90 Å². The summed E-state index contributed by atoms with van der Waals surface area (Å²) in [7, 11) is 0. The van der Waals surface area contributed by atoms with Crippen LogP contribution in [0.4, 0.5) is 17.1 Å². The number of benzene rings is 9. The van der Waals surface area contributed by atoms with Crippen LogP contribution in [0.5, 0.6) is 0 Å². The number of nitrogens with zero attached hydrogens (tertiary/aromatic N) is 2. The molecule has 0 amide bonds. The maximum atomic E-state index is 2.39. The van der Waals surface area contributed by atoms with E-state index in [1.165, 1.54) is 55.2 Å². The van der Waals surface area contributed by atoms with Crippen LogP contribution >= 0.6 is 0 Å². The van der Waals surface area contributed by atoms with Crippen LogP contribution in [0.2, 0.25) is 0 Å². The van der Waals surface area contributed by atoms with Crippen LogP contribution in [0.15, 0.2) is 243 Å². The molecule has 0 spiro atoms. The van der Waals surface area contributed by atoms with E-state index in [-0.39, 0.29) is 0 Å². The summed E-state index contributed by atoms with van der Waals surface area (Å²) >= 11 is 0. The highest BCUT2D eigenvalue weighted by Crippen LogP contribution is 2.47. The number of anilines is 3. The maximum Gasteiger partial charge on any atom is 0.0701 e. The first kappa shape index (κ1) is 34.1. The highest BCUT2D eigenvalue weighted by molar-refractivity contribution is 6.10. The number of hydrogen-bond acceptors (Lipinski definition) is 1. The summed E-state index contributed by atoms with van der Waals surface area (Å²) in [4.78, 5) is 2.39. The van der Waals surface area contributed by atoms with Gasteiger partial charge in [-0.25, -0.2) is 0 Å². The lowest BCUT2D eigenvalue weighted by molar-refractivity contribution is 0.745. The Kier molecular flexibility index (Phi) is 8.78. The monoisotopic (exact) mass is 728 g/mol. The lowest BCUT2D eigenvalue weighted by atomic mass is 9.65. The molecule has 0 unspecified atom stereocenters. The van der Waals surface area contributed by atoms with Gasteiger partial charge in [-0.1, -0.05) is 188 Å². The zero-order valence-electron chi connectivity index (χ0n) is 31.5. The Morgan fingerprint density at radius 1 is 0.298 bits per heavy atom. The molecule has 9 aromatic carbocycles. The fourth-order valence-electron chi connectivity index (χ4n) is 8.76. The summed E-state index contributed by atoms with van der Waals surface area (Å²) in [6, 6.07) is 87.8. The third-order valence-electron chi connectivity index (χ3n) is 11.3. The van der Waals surface area contributed by atoms with Gasteiger partial charge in [0.25, 0.3) is 0 Å². The van der Waals surface area contributed by atoms with Crippen LogP contribution in [-0.4, -0.2) is 4.57 Å². The molecule has 0 N–H and O–H groups in total. The van der Waals surface area contributed by atoms with E-state index in [1.807, 2.05) is 0 Å². The van der Waals surface area contributed by atoms with E-state index in [1.54, 1.807) is 0 Å². The molecule has 0 bridgehead atoms. The second-order valence-electron chi connectivity index (χ2n) is 14.5. The van der Waals surface area contributed by atoms with E-state index >= 15 is 0 Å². The zero-order valence-corrected chi connectivity index (χ0v) is 31.5. The van der Waals surface area contributed by atoms with Crippen molar-refractivity contribution in [3.8, 4) is 16.8 Å². The molecule has 270 valence electrons. The van der Waals surface area contributed by atoms with E-state index in [2.05, 4.69) is 252 Å². The average molecular weight is 729 g/mol. The van der Waals surface area contributed by atoms with Crippen molar-refractivity contribution in [1.29, 1.82) is 0 Å². The molecule has 0 fully saturated rings. The fourth-order valence-corrected chi connectivity index (χ4v) is 8.76. The standard InChI is InChI=1S/C55H40N2/c1-6-18-41(19-7-1)42-30-34-48(35-31-42)56(50-38-39-52-51-28-16-17-29-53(51)57(54(52)40-50)47-26-14-5-15-27-47)49-36-32-46(33-37-49)55(43-20-8-2-9-21-43,44-22-10-3-11-23-44)45-24-12-4-13-25-45/h1-40H. The molecule has 57 heavy (non-hydrogen) atoms. The maximum absolute atomic E-state index is 2.39. The van der Waals surface area contributed by atoms with Crippen molar-refractivity contribution in [3.05, 3.63) is 265 Å². The molecule has 2 nitrogen and oxygen atoms in total. The fraction of sp³-hybridized carbons (Fsp3) is 0.0182. The molecule has 1 aromatic heterocycles. The van der Waals surface area contributed by atoms with E-state index in [4.69, 9.17) is 0 Å². The minimum Gasteiger partial charge on any atom is -0.310 e. The van der Waals surface area contributed by atoms with Crippen LogP contribution in [-0.2, 0) is 5.41 Å². The summed E-state index contributed by atoms with van der Waals surface area (Å²) < 4.78 is 2.39. The second kappa shape index (κ2) is 14.7. The molecule has 0 aliphatic carbocycles. The van der Waals surface area contributed by atoms with Crippen molar-refractivity contribution in [2.45, 2.75) is 5.41 Å². The van der Waals surface area contributed by atoms with Gasteiger partial charge in [-0.3, -0.25) is 0 Å². The topological polar surface area (TPSA) is 8.17 Å². The number of hydrogen-bond donors (Lipinski definition) is 0. The Bertz CT molecular complexity index is 2800. The van der Waals surface area contributed by atoms with Crippen molar-refractivity contribution >= 4 is 38.9 Å². The lowest BCUT2D eigenvalue weighted by Gasteiger charge is -2.37. The predicted molar refractivity (Wildman–Crippen MR) is 239 cm³/mol. The predicted octanol–water partition coefficient (Wildman–Crippen LogP) is 14.3. The Balaban J connectivity index is 1.18. The highest BCUT2D eigenvalue weighted by atomic mass is 15.1. The third-order valence-corrected chi connectivity index (χ3v) is 11.3. The van der Waals surface area contributed by atoms with Crippen molar-refractivity contribution in [1.82, 2.24) is 4.57 Å². The molecule has 10 rings (SSSR count). The minimum atomic E-state index is -0.528. The lowest BCUT2D eigenvalue weighted by Crippen LogP contribution is -2.31. The van der Waals surface area contributed by atoms with Crippen LogP contribution in [0, 0.1) is 0 Å². The third kappa shape index (κ3) is 6.00. The highest BCUT2D eigenvalue weighted by Gasteiger charge is 2.38. The van der Waals surface area contributed by atoms with Crippen LogP contribution in [0.3, 0.4) is 0 Å². The average Bonchev–Trinajstić information content (AvgIpc) is 3.63. The number of aromatic nitrogens is 1. The van der Waals surface area contributed by atoms with Crippen LogP contribution in [0.1, 0.15) is 22.3 Å². The van der Waals surface area contributed by atoms with Gasteiger partial charge >= 0.3 is 0 Å². The molecule has 0 radical (unpaired) electrons. The SMILES string of the molecule is c1ccc(-c2ccc(N(c3ccc(C(c4ccccc4)(c4ccccc4)c4ccccc4)cc3)c3ccc4c5ccccc5n(-c5ccccc5)c4c3)cc2)cc1. The molecule has 0 aliphatic rings. The van der Waals surface area contributed by atoms with Crippen molar-refractivity contribution in [2.75, 3.05) is 4.90 Å². The summed E-state index contributed by atoms with van der Waals surface area (Å²) in [5.74, 6) is 0. The van der Waals surface area contributed by atoms with E-state index in [9.17, 15) is 0 Å². The Hall–Kier alpha value is -7.42. The van der Waals surface area contributed by atoms with Gasteiger partial charge in [-0.2, -0.15) is 0 Å². The number of para-hydroxylation sites is 2. The van der Waals surface area contributed by atoms with Gasteiger partial charge in [0.1, 0.15) is 0 Å². The first-order chi connectivity index (χ1) is 28.3. The summed E-state index contributed by atoms with van der Waals surface area (Å²) in [5, 5.41) is 2.47. The molecular weight excluding hydrogens is 689 g/mol. The molecular formula is C55H40N2. The van der Waals surface area contributed by atoms with Crippen molar-refractivity contribution < 1.29 is 0 Å². The zero-order chi connectivity index (χ0) is 38.0. The van der Waals surface area contributed by atoms with Gasteiger partial charge in [0.2, 0.25) is 0 Å². The van der Waals surface area contributed by atoms with E-state index in [0.717, 1.165) is 22.7 Å². The van der Waals surface area contributed by atoms with E-state index in [0.29, 0.717) is 0 Å². The molecule has 0 atom stereocenters. The number of rotatable bonds is 9. The van der Waals surface area contributed by atoms with E-state index < -0.39 is 5.41 Å². The Labute approximate surface area is 334 Å². The molecule has 0 saturated carbocycles. The Morgan fingerprint density at radius 2 is 0.702 bits per heavy atom. The van der Waals surface area contributed by atoms with Gasteiger partial charge in [0.05, 0.1) is 16.4 Å². The van der Waals surface area contributed by atoms with Gasteiger partial charge in [-0.05, 0) is 88.0 Å². The second-order valence-corrected chi connectivity index (χ2v) is 14.5. The quantitative estimate of drug-likeness (QED) is 0.134. The first-order valence-electron chi connectivity index (χ1n) is 19.6. The summed E-state index contributed by atoms with van der Waals surface area (Å²) in [6.07, 6.45) is 0. The molecule has 2 heteroatoms. The number of fused-ring (bicyclic) bond motifs is 3. The van der Waals surface area contributed by atoms with Crippen molar-refractivity contribution in [2.24, 2.45) is 0 Å². The largest absolute Gasteiger partial charge is 0.310 e. The van der Waals surface area contributed by atoms with Crippen LogP contribution in [0.25, 0.3) is 38.6 Å². The molecule has 0 aliphatic heterocycles. The molecule has 1 heterocycles. The van der Waals surface area contributed by atoms with Gasteiger partial charge in [0, 0.05) is 33.5 Å². The molecule has 10 aromatic rings. The van der Waals surface area contributed by atoms with Gasteiger partial charge < -0.3 is 9.47 Å². The van der Waals surface area contributed by atoms with Crippen molar-refractivity contribution in [3.63, 3.8) is 0 Å². The molecule has 0 saturated heterocycles. The summed E-state index contributed by atoms with van der Waals surface area (Å²) in [5.41, 5.74) is 13.5. The summed E-state index contributed by atoms with van der Waals surface area (Å²) in [6.45, 7) is 0. The minimum absolute atomic E-state index is 0.528. The smallest absolute Gasteiger partial charge is 0.0701 e. The van der Waals surface area contributed by atoms with Gasteiger partial charge in [0.15, 0.2) is 0 Å². The first-order valence-corrected chi connectivity index (χ1v) is 19.6. The van der Waals surface area contributed by atoms with Gasteiger partial charge in [-0.15, -0.1) is 0 Å². The Morgan fingerprint density at radius 3 is 1.26 bits per heavy atom. The normalized spacial score (nSPS) is 11.5.